The van der Waals surface area contributed by atoms with E-state index in [4.69, 9.17) is 6.42 Å². The van der Waals surface area contributed by atoms with Gasteiger partial charge in [0.1, 0.15) is 17.4 Å². The monoisotopic (exact) mass is 406 g/mol. The molecule has 1 aromatic rings. The van der Waals surface area contributed by atoms with E-state index in [1.165, 1.54) is 0 Å². The first-order valence-corrected chi connectivity index (χ1v) is 10.5. The maximum atomic E-state index is 13.1. The van der Waals surface area contributed by atoms with Crippen LogP contribution in [0.4, 0.5) is 0 Å². The van der Waals surface area contributed by atoms with Crippen molar-refractivity contribution in [2.24, 2.45) is 10.9 Å². The Balaban J connectivity index is 2.10. The van der Waals surface area contributed by atoms with Crippen molar-refractivity contribution in [1.29, 1.82) is 0 Å². The first-order valence-electron chi connectivity index (χ1n) is 10.5. The predicted octanol–water partition coefficient (Wildman–Crippen LogP) is 3.32. The molecule has 2 rings (SSSR count). The number of hydrogen-bond acceptors (Lipinski definition) is 4. The average Bonchev–Trinajstić information content (AvgIpc) is 3.01. The van der Waals surface area contributed by atoms with Gasteiger partial charge in [-0.1, -0.05) is 25.8 Å². The normalized spacial score (nSPS) is 19.4. The number of nitrogens with zero attached hydrogens (tertiary/aromatic N) is 1. The number of carbonyl (C=O) groups excluding carboxylic acids is 3. The van der Waals surface area contributed by atoms with Crippen molar-refractivity contribution in [1.82, 2.24) is 5.32 Å². The largest absolute Gasteiger partial charge is 0.351 e. The highest BCUT2D eigenvalue weighted by molar-refractivity contribution is 6.43. The quantitative estimate of drug-likeness (QED) is 0.409. The number of aliphatic imine (C=N–C) groups is 1. The van der Waals surface area contributed by atoms with Gasteiger partial charge in [0.2, 0.25) is 0 Å². The van der Waals surface area contributed by atoms with Gasteiger partial charge in [0.25, 0.3) is 5.91 Å². The first kappa shape index (κ1) is 23.3. The average molecular weight is 407 g/mol. The lowest BCUT2D eigenvalue weighted by Gasteiger charge is -2.17. The second-order valence-corrected chi connectivity index (χ2v) is 7.53. The van der Waals surface area contributed by atoms with Gasteiger partial charge in [-0.3, -0.25) is 19.4 Å². The Bertz CT molecular complexity index is 934. The van der Waals surface area contributed by atoms with Crippen LogP contribution in [-0.2, 0) is 20.8 Å². The van der Waals surface area contributed by atoms with Crippen LogP contribution in [0.1, 0.15) is 61.3 Å². The molecule has 30 heavy (non-hydrogen) atoms. The van der Waals surface area contributed by atoms with Gasteiger partial charge in [0.15, 0.2) is 5.78 Å². The van der Waals surface area contributed by atoms with Crippen molar-refractivity contribution in [3.05, 3.63) is 46.5 Å². The molecule has 1 aliphatic rings. The molecule has 0 saturated heterocycles. The van der Waals surface area contributed by atoms with Crippen molar-refractivity contribution in [2.45, 2.75) is 52.4 Å². The van der Waals surface area contributed by atoms with E-state index >= 15 is 0 Å². The van der Waals surface area contributed by atoms with Gasteiger partial charge < -0.3 is 5.32 Å². The summed E-state index contributed by atoms with van der Waals surface area (Å²) in [5.74, 6) is 1.14. The number of nitrogens with one attached hydrogen (secondary N) is 1. The van der Waals surface area contributed by atoms with Crippen LogP contribution in [0.15, 0.2) is 29.3 Å². The summed E-state index contributed by atoms with van der Waals surface area (Å²) in [6.07, 6.45) is 11.2. The Kier molecular flexibility index (Phi) is 8.29. The van der Waals surface area contributed by atoms with Gasteiger partial charge >= 0.3 is 0 Å². The Morgan fingerprint density at radius 3 is 2.67 bits per heavy atom. The van der Waals surface area contributed by atoms with Gasteiger partial charge in [-0.05, 0) is 61.1 Å². The van der Waals surface area contributed by atoms with Crippen molar-refractivity contribution in [3.63, 3.8) is 0 Å². The van der Waals surface area contributed by atoms with E-state index in [9.17, 15) is 14.4 Å². The highest BCUT2D eigenvalue weighted by Gasteiger charge is 2.43. The van der Waals surface area contributed by atoms with E-state index in [1.807, 2.05) is 39.0 Å². The second kappa shape index (κ2) is 10.7. The van der Waals surface area contributed by atoms with Gasteiger partial charge in [-0.2, -0.15) is 0 Å². The Labute approximate surface area is 179 Å². The predicted molar refractivity (Wildman–Crippen MR) is 120 cm³/mol. The van der Waals surface area contributed by atoms with E-state index in [2.05, 4.69) is 16.2 Å². The van der Waals surface area contributed by atoms with Crippen molar-refractivity contribution in [3.8, 4) is 12.3 Å². The third kappa shape index (κ3) is 5.13. The number of allylic oxidation sites excluding steroid dienone is 1. The molecule has 0 spiro atoms. The number of Topliss-reactive ketones (excluding diaryl/α,β-unsaturated/α-hetero) is 2. The number of amides is 1. The minimum Gasteiger partial charge on any atom is -0.351 e. The molecule has 5 nitrogen and oxygen atoms in total. The molecule has 158 valence electrons. The molecule has 0 aliphatic heterocycles. The van der Waals surface area contributed by atoms with Crippen LogP contribution in [0.5, 0.6) is 0 Å². The molecule has 1 aliphatic carbocycles. The summed E-state index contributed by atoms with van der Waals surface area (Å²) in [5.41, 5.74) is 3.75. The van der Waals surface area contributed by atoms with Crippen LogP contribution >= 0.6 is 0 Å². The molecule has 1 aromatic carbocycles. The molecule has 1 amide bonds. The van der Waals surface area contributed by atoms with E-state index in [-0.39, 0.29) is 29.8 Å². The molecule has 1 fully saturated rings. The standard InChI is InChI=1S/C25H30N2O3/c1-6-9-10-20(26-5)25(30)27-12-11-19-15-21(28)23(24(19)29)22-16(4)13-17(7-2)14-18(22)8-3/h2,9-10,13-14,19,23H,6,8,11-12,15H2,1,3-5H3,(H,27,30)/b10-9-,26-20?. The topological polar surface area (TPSA) is 75.6 Å². The van der Waals surface area contributed by atoms with Gasteiger partial charge in [0.05, 0.1) is 0 Å². The van der Waals surface area contributed by atoms with Crippen LogP contribution in [0.3, 0.4) is 0 Å². The SMILES string of the molecule is C#Cc1cc(C)c(C2C(=O)CC(CCNC(=O)C(/C=C\CC)=NC)C2=O)c(CC)c1. The molecule has 0 aromatic heterocycles. The highest BCUT2D eigenvalue weighted by atomic mass is 16.2. The van der Waals surface area contributed by atoms with Crippen molar-refractivity contribution < 1.29 is 14.4 Å². The van der Waals surface area contributed by atoms with Gasteiger partial charge in [-0.25, -0.2) is 0 Å². The molecule has 0 heterocycles. The third-order valence-electron chi connectivity index (χ3n) is 5.53. The van der Waals surface area contributed by atoms with Crippen LogP contribution < -0.4 is 5.32 Å². The second-order valence-electron chi connectivity index (χ2n) is 7.53. The maximum absolute atomic E-state index is 13.1. The maximum Gasteiger partial charge on any atom is 0.269 e. The van der Waals surface area contributed by atoms with E-state index in [1.54, 1.807) is 13.1 Å². The summed E-state index contributed by atoms with van der Waals surface area (Å²) in [6, 6.07) is 3.75. The fourth-order valence-electron chi connectivity index (χ4n) is 4.00. The van der Waals surface area contributed by atoms with E-state index in [0.29, 0.717) is 25.1 Å². The minimum atomic E-state index is -0.729. The van der Waals surface area contributed by atoms with Crippen molar-refractivity contribution >= 4 is 23.2 Å². The van der Waals surface area contributed by atoms with E-state index < -0.39 is 5.92 Å². The lowest BCUT2D eigenvalue weighted by molar-refractivity contribution is -0.125. The van der Waals surface area contributed by atoms with E-state index in [0.717, 1.165) is 28.7 Å². The van der Waals surface area contributed by atoms with Crippen LogP contribution in [0.2, 0.25) is 0 Å². The zero-order chi connectivity index (χ0) is 22.3. The van der Waals surface area contributed by atoms with Gasteiger partial charge in [0, 0.05) is 31.5 Å². The number of terminal acetylenes is 1. The molecule has 5 heteroatoms. The van der Waals surface area contributed by atoms with Crippen LogP contribution in [0.25, 0.3) is 0 Å². The number of aryl methyl sites for hydroxylation is 2. The third-order valence-corrected chi connectivity index (χ3v) is 5.53. The zero-order valence-corrected chi connectivity index (χ0v) is 18.2. The number of rotatable bonds is 8. The summed E-state index contributed by atoms with van der Waals surface area (Å²) < 4.78 is 0. The Morgan fingerprint density at radius 2 is 2.07 bits per heavy atom. The highest BCUT2D eigenvalue weighted by Crippen LogP contribution is 2.37. The summed E-state index contributed by atoms with van der Waals surface area (Å²) in [7, 11) is 1.57. The number of ketones is 2. The summed E-state index contributed by atoms with van der Waals surface area (Å²) in [5, 5.41) is 2.80. The molecule has 2 unspecified atom stereocenters. The van der Waals surface area contributed by atoms with Crippen LogP contribution in [-0.4, -0.2) is 36.8 Å². The molecule has 1 N–H and O–H groups in total. The first-order chi connectivity index (χ1) is 14.4. The molecule has 0 bridgehead atoms. The minimum absolute atomic E-state index is 0.0516. The smallest absolute Gasteiger partial charge is 0.269 e. The molecule has 2 atom stereocenters. The van der Waals surface area contributed by atoms with Crippen molar-refractivity contribution in [2.75, 3.05) is 13.6 Å². The molecular formula is C25H30N2O3. The lowest BCUT2D eigenvalue weighted by atomic mass is 9.85. The number of benzene rings is 1. The molecular weight excluding hydrogens is 376 g/mol. The summed E-state index contributed by atoms with van der Waals surface area (Å²) >= 11 is 0. The molecule has 0 radical (unpaired) electrons. The molecule has 1 saturated carbocycles. The Morgan fingerprint density at radius 1 is 1.33 bits per heavy atom. The zero-order valence-electron chi connectivity index (χ0n) is 18.2. The van der Waals surface area contributed by atoms with Crippen LogP contribution in [0, 0.1) is 25.2 Å². The fourth-order valence-corrected chi connectivity index (χ4v) is 4.00. The lowest BCUT2D eigenvalue weighted by Crippen LogP contribution is -2.32. The summed E-state index contributed by atoms with van der Waals surface area (Å²) in [4.78, 5) is 42.0. The fraction of sp³-hybridized carbons (Fsp3) is 0.440. The van der Waals surface area contributed by atoms with Gasteiger partial charge in [-0.15, -0.1) is 6.42 Å². The summed E-state index contributed by atoms with van der Waals surface area (Å²) in [6.45, 7) is 6.20. The Hall–Kier alpha value is -3.00. The number of hydrogen-bond donors (Lipinski definition) is 1. The number of carbonyl (C=O) groups is 3.